The van der Waals surface area contributed by atoms with Crippen LogP contribution in [0.15, 0.2) is 0 Å². The Morgan fingerprint density at radius 2 is 1.87 bits per heavy atom. The molecular weight excluding hydrogens is 190 g/mol. The van der Waals surface area contributed by atoms with Crippen molar-refractivity contribution in [2.45, 2.75) is 38.6 Å². The molecule has 0 spiro atoms. The second kappa shape index (κ2) is 4.84. The Hall–Kier alpha value is -0.770. The Morgan fingerprint density at radius 1 is 1.33 bits per heavy atom. The van der Waals surface area contributed by atoms with Crippen LogP contribution < -0.4 is 5.73 Å². The zero-order valence-corrected chi connectivity index (χ0v) is 10.1. The molecule has 2 N–H and O–H groups in total. The van der Waals surface area contributed by atoms with Crippen LogP contribution in [-0.4, -0.2) is 48.1 Å². The first-order valence-electron chi connectivity index (χ1n) is 5.72. The van der Waals surface area contributed by atoms with Gasteiger partial charge in [-0.1, -0.05) is 0 Å². The first-order valence-corrected chi connectivity index (χ1v) is 5.72. The Bertz CT molecular complexity index is 222. The summed E-state index contributed by atoms with van der Waals surface area (Å²) in [6, 6.07) is 0.116. The third-order valence-electron chi connectivity index (χ3n) is 3.32. The first kappa shape index (κ1) is 12.3. The predicted octanol–water partition coefficient (Wildman–Crippen LogP) is 1.26. The fraction of sp³-hybridized carbons (Fsp3) is 0.909. The minimum absolute atomic E-state index is 0.116. The predicted molar refractivity (Wildman–Crippen MR) is 61.7 cm³/mol. The normalized spacial score (nSPS) is 17.7. The molecule has 4 nitrogen and oxygen atoms in total. The maximum Gasteiger partial charge on any atom is 0.320 e. The van der Waals surface area contributed by atoms with Crippen molar-refractivity contribution in [2.24, 2.45) is 5.73 Å². The summed E-state index contributed by atoms with van der Waals surface area (Å²) in [4.78, 5) is 15.8. The molecule has 88 valence electrons. The van der Waals surface area contributed by atoms with Crippen LogP contribution >= 0.6 is 0 Å². The summed E-state index contributed by atoms with van der Waals surface area (Å²) < 4.78 is 0. The van der Waals surface area contributed by atoms with Crippen molar-refractivity contribution in [1.82, 2.24) is 9.80 Å². The van der Waals surface area contributed by atoms with E-state index in [1.165, 1.54) is 6.42 Å². The van der Waals surface area contributed by atoms with Crippen molar-refractivity contribution in [3.63, 3.8) is 0 Å². The largest absolute Gasteiger partial charge is 0.328 e. The van der Waals surface area contributed by atoms with Gasteiger partial charge in [0.1, 0.15) is 0 Å². The fourth-order valence-electron chi connectivity index (χ4n) is 1.69. The molecule has 0 aromatic rings. The minimum Gasteiger partial charge on any atom is -0.328 e. The van der Waals surface area contributed by atoms with Crippen LogP contribution in [0.2, 0.25) is 0 Å². The summed E-state index contributed by atoms with van der Waals surface area (Å²) in [6.07, 6.45) is 3.50. The van der Waals surface area contributed by atoms with Gasteiger partial charge < -0.3 is 15.5 Å². The van der Waals surface area contributed by atoms with Gasteiger partial charge in [-0.25, -0.2) is 4.79 Å². The summed E-state index contributed by atoms with van der Waals surface area (Å²) in [5.41, 5.74) is 5.41. The SMILES string of the molecule is CN(C(=O)N1CCCCC1)C(C)(C)CN. The number of carbonyl (C=O) groups is 1. The molecule has 0 atom stereocenters. The van der Waals surface area contributed by atoms with E-state index in [4.69, 9.17) is 5.73 Å². The number of piperidine rings is 1. The Kier molecular flexibility index (Phi) is 3.97. The van der Waals surface area contributed by atoms with Crippen LogP contribution in [0.4, 0.5) is 4.79 Å². The molecule has 4 heteroatoms. The number of likely N-dealkylation sites (N-methyl/N-ethyl adjacent to an activating group) is 1. The number of hydrogen-bond acceptors (Lipinski definition) is 2. The minimum atomic E-state index is -0.255. The van der Waals surface area contributed by atoms with E-state index < -0.39 is 0 Å². The van der Waals surface area contributed by atoms with E-state index in [-0.39, 0.29) is 11.6 Å². The molecule has 0 aliphatic carbocycles. The third kappa shape index (κ3) is 2.84. The maximum atomic E-state index is 12.1. The molecule has 1 aliphatic rings. The van der Waals surface area contributed by atoms with E-state index in [9.17, 15) is 4.79 Å². The molecular formula is C11H23N3O. The van der Waals surface area contributed by atoms with Crippen LogP contribution in [0.5, 0.6) is 0 Å². The van der Waals surface area contributed by atoms with Crippen LogP contribution in [0, 0.1) is 0 Å². The monoisotopic (exact) mass is 213 g/mol. The average Bonchev–Trinajstić information content (AvgIpc) is 2.28. The molecule has 0 saturated carbocycles. The highest BCUT2D eigenvalue weighted by Gasteiger charge is 2.29. The smallest absolute Gasteiger partial charge is 0.320 e. The first-order chi connectivity index (χ1) is 6.99. The molecule has 1 heterocycles. The lowest BCUT2D eigenvalue weighted by Gasteiger charge is -2.39. The van der Waals surface area contributed by atoms with Gasteiger partial charge in [-0.3, -0.25) is 0 Å². The van der Waals surface area contributed by atoms with Crippen LogP contribution in [-0.2, 0) is 0 Å². The summed E-state index contributed by atoms with van der Waals surface area (Å²) in [5, 5.41) is 0. The van der Waals surface area contributed by atoms with Gasteiger partial charge in [0.2, 0.25) is 0 Å². The van der Waals surface area contributed by atoms with E-state index in [1.807, 2.05) is 25.8 Å². The Morgan fingerprint density at radius 3 is 2.33 bits per heavy atom. The number of nitrogens with two attached hydrogens (primary N) is 1. The zero-order chi connectivity index (χ0) is 11.5. The van der Waals surface area contributed by atoms with Crippen molar-refractivity contribution in [1.29, 1.82) is 0 Å². The lowest BCUT2D eigenvalue weighted by molar-refractivity contribution is 0.115. The number of nitrogens with zero attached hydrogens (tertiary/aromatic N) is 2. The van der Waals surface area contributed by atoms with Crippen molar-refractivity contribution >= 4 is 6.03 Å². The number of carbonyl (C=O) groups excluding carboxylic acids is 1. The van der Waals surface area contributed by atoms with Gasteiger partial charge in [-0.2, -0.15) is 0 Å². The summed E-state index contributed by atoms with van der Waals surface area (Å²) in [5.74, 6) is 0. The van der Waals surface area contributed by atoms with E-state index in [2.05, 4.69) is 0 Å². The van der Waals surface area contributed by atoms with Crippen LogP contribution in [0.1, 0.15) is 33.1 Å². The van der Waals surface area contributed by atoms with Crippen molar-refractivity contribution in [2.75, 3.05) is 26.7 Å². The number of amides is 2. The van der Waals surface area contributed by atoms with E-state index >= 15 is 0 Å². The quantitative estimate of drug-likeness (QED) is 0.750. The van der Waals surface area contributed by atoms with E-state index in [1.54, 1.807) is 4.90 Å². The molecule has 1 fully saturated rings. The van der Waals surface area contributed by atoms with Gasteiger partial charge in [0.25, 0.3) is 0 Å². The second-order valence-electron chi connectivity index (χ2n) is 4.91. The van der Waals surface area contributed by atoms with Gasteiger partial charge >= 0.3 is 6.03 Å². The number of rotatable bonds is 2. The van der Waals surface area contributed by atoms with E-state index in [0.29, 0.717) is 6.54 Å². The molecule has 2 amide bonds. The van der Waals surface area contributed by atoms with Crippen molar-refractivity contribution in [3.8, 4) is 0 Å². The third-order valence-corrected chi connectivity index (χ3v) is 3.32. The lowest BCUT2D eigenvalue weighted by Crippen LogP contribution is -2.55. The van der Waals surface area contributed by atoms with Crippen molar-refractivity contribution < 1.29 is 4.79 Å². The molecule has 0 bridgehead atoms. The van der Waals surface area contributed by atoms with Gasteiger partial charge in [-0.15, -0.1) is 0 Å². The molecule has 0 unspecified atom stereocenters. The molecule has 0 aromatic heterocycles. The van der Waals surface area contributed by atoms with Crippen molar-refractivity contribution in [3.05, 3.63) is 0 Å². The maximum absolute atomic E-state index is 12.1. The van der Waals surface area contributed by atoms with E-state index in [0.717, 1.165) is 25.9 Å². The zero-order valence-electron chi connectivity index (χ0n) is 10.1. The Balaban J connectivity index is 2.58. The van der Waals surface area contributed by atoms with Gasteiger partial charge in [0.05, 0.1) is 5.54 Å². The standard InChI is InChI=1S/C11H23N3O/c1-11(2,9-12)13(3)10(15)14-7-5-4-6-8-14/h4-9,12H2,1-3H3. The summed E-state index contributed by atoms with van der Waals surface area (Å²) in [6.45, 7) is 6.26. The Labute approximate surface area is 92.4 Å². The number of hydrogen-bond donors (Lipinski definition) is 1. The van der Waals surface area contributed by atoms with Gasteiger partial charge in [0.15, 0.2) is 0 Å². The molecule has 1 aliphatic heterocycles. The number of likely N-dealkylation sites (tertiary alicyclic amines) is 1. The number of urea groups is 1. The molecule has 15 heavy (non-hydrogen) atoms. The topological polar surface area (TPSA) is 49.6 Å². The van der Waals surface area contributed by atoms with Crippen LogP contribution in [0.3, 0.4) is 0 Å². The average molecular weight is 213 g/mol. The van der Waals surface area contributed by atoms with Gasteiger partial charge in [-0.05, 0) is 33.1 Å². The molecule has 0 radical (unpaired) electrons. The molecule has 1 rings (SSSR count). The highest BCUT2D eigenvalue weighted by atomic mass is 16.2. The lowest BCUT2D eigenvalue weighted by atomic mass is 10.0. The molecule has 1 saturated heterocycles. The molecule has 0 aromatic carbocycles. The van der Waals surface area contributed by atoms with Gasteiger partial charge in [0, 0.05) is 26.7 Å². The summed E-state index contributed by atoms with van der Waals surface area (Å²) in [7, 11) is 1.84. The highest BCUT2D eigenvalue weighted by Crippen LogP contribution is 2.16. The summed E-state index contributed by atoms with van der Waals surface area (Å²) >= 11 is 0. The second-order valence-corrected chi connectivity index (χ2v) is 4.91. The fourth-order valence-corrected chi connectivity index (χ4v) is 1.69. The highest BCUT2D eigenvalue weighted by molar-refractivity contribution is 5.75. The van der Waals surface area contributed by atoms with Crippen LogP contribution in [0.25, 0.3) is 0 Å².